The molecular weight excluding hydrogens is 673 g/mol. The summed E-state index contributed by atoms with van der Waals surface area (Å²) >= 11 is 0. The topological polar surface area (TPSA) is 142 Å². The van der Waals surface area contributed by atoms with Crippen LogP contribution in [0, 0.1) is 0 Å². The molecule has 2 aromatic rings. The molecule has 2 fully saturated rings. The summed E-state index contributed by atoms with van der Waals surface area (Å²) < 4.78 is 52.6. The number of nitrogens with one attached hydrogen (secondary N) is 2. The summed E-state index contributed by atoms with van der Waals surface area (Å²) in [6, 6.07) is 0.460. The standard InChI is InChI=1S/C19H25F3N4O3.C14H22N4O3.CH4/c1-18(2,3)29-16(27)24-14-4-6-26(11-14)17(28)25-7-5-15-12(10-25)8-13(9-23-15)19(20,21)22;1-14(2,3)21-12(19)15-11-5-6-17(9-11)13(20)18-8-7-16(4)10-18;/h8-9,14H,4-7,10-11H2,1-3H3,(H,24,27);7-8,10-11H,5-6,9H2,1-4H3;1H4/p+1. The van der Waals surface area contributed by atoms with Crippen LogP contribution in [0.5, 0.6) is 0 Å². The van der Waals surface area contributed by atoms with E-state index in [0.29, 0.717) is 56.8 Å². The predicted molar refractivity (Wildman–Crippen MR) is 181 cm³/mol. The van der Waals surface area contributed by atoms with Crippen molar-refractivity contribution in [3.63, 3.8) is 0 Å². The largest absolute Gasteiger partial charge is 0.444 e. The maximum Gasteiger partial charge on any atom is 0.417 e. The van der Waals surface area contributed by atoms with Gasteiger partial charge in [0.05, 0.1) is 24.7 Å². The van der Waals surface area contributed by atoms with Crippen molar-refractivity contribution < 1.29 is 46.4 Å². The smallest absolute Gasteiger partial charge is 0.417 e. The van der Waals surface area contributed by atoms with E-state index < -0.39 is 35.1 Å². The highest BCUT2D eigenvalue weighted by Crippen LogP contribution is 2.31. The number of hydrogen-bond donors (Lipinski definition) is 2. The maximum absolute atomic E-state index is 12.9. The molecule has 0 bridgehead atoms. The quantitative estimate of drug-likeness (QED) is 0.428. The number of carbonyl (C=O) groups excluding carboxylic acids is 4. The molecule has 2 aromatic heterocycles. The molecule has 5 heterocycles. The van der Waals surface area contributed by atoms with E-state index >= 15 is 0 Å². The van der Waals surface area contributed by atoms with Crippen molar-refractivity contribution in [2.45, 2.75) is 104 Å². The van der Waals surface area contributed by atoms with Crippen LogP contribution in [0.1, 0.15) is 78.6 Å². The van der Waals surface area contributed by atoms with E-state index in [2.05, 4.69) is 15.6 Å². The number of pyridine rings is 1. The van der Waals surface area contributed by atoms with Gasteiger partial charge in [0.1, 0.15) is 23.6 Å². The number of nitrogens with zero attached hydrogens (tertiary/aromatic N) is 6. The summed E-state index contributed by atoms with van der Waals surface area (Å²) in [5, 5.41) is 5.56. The number of urea groups is 1. The van der Waals surface area contributed by atoms with E-state index in [1.165, 1.54) is 9.47 Å². The summed E-state index contributed by atoms with van der Waals surface area (Å²) in [5.41, 5.74) is -0.927. The highest BCUT2D eigenvalue weighted by molar-refractivity contribution is 5.77. The van der Waals surface area contributed by atoms with Crippen molar-refractivity contribution in [2.75, 3.05) is 32.7 Å². The van der Waals surface area contributed by atoms with Gasteiger partial charge in [-0.2, -0.15) is 17.7 Å². The number of alkyl carbamates (subject to hydrolysis) is 2. The van der Waals surface area contributed by atoms with Crippen LogP contribution in [0.2, 0.25) is 0 Å². The predicted octanol–water partition coefficient (Wildman–Crippen LogP) is 4.69. The first-order valence-electron chi connectivity index (χ1n) is 16.6. The van der Waals surface area contributed by atoms with E-state index in [9.17, 15) is 32.3 Å². The fourth-order valence-corrected chi connectivity index (χ4v) is 5.72. The Hall–Kier alpha value is -4.57. The Morgan fingerprint density at radius 1 is 0.843 bits per heavy atom. The number of halogens is 3. The van der Waals surface area contributed by atoms with E-state index in [1.807, 2.05) is 38.6 Å². The van der Waals surface area contributed by atoms with E-state index in [4.69, 9.17) is 9.47 Å². The van der Waals surface area contributed by atoms with E-state index in [-0.39, 0.29) is 38.1 Å². The van der Waals surface area contributed by atoms with Crippen molar-refractivity contribution in [1.29, 1.82) is 0 Å². The van der Waals surface area contributed by atoms with Crippen molar-refractivity contribution >= 4 is 24.2 Å². The van der Waals surface area contributed by atoms with Gasteiger partial charge in [0, 0.05) is 57.6 Å². The molecule has 0 spiro atoms. The average Bonchev–Trinajstić information content (AvgIpc) is 3.75. The number of alkyl halides is 3. The molecule has 0 saturated carbocycles. The Morgan fingerprint density at radius 3 is 1.84 bits per heavy atom. The summed E-state index contributed by atoms with van der Waals surface area (Å²) in [7, 11) is 1.86. The lowest BCUT2D eigenvalue weighted by atomic mass is 10.0. The Balaban J connectivity index is 0.000000284. The van der Waals surface area contributed by atoms with Crippen LogP contribution in [0.3, 0.4) is 0 Å². The normalized spacial score (nSPS) is 18.9. The van der Waals surface area contributed by atoms with Crippen molar-refractivity contribution in [3.05, 3.63) is 47.8 Å². The van der Waals surface area contributed by atoms with Crippen LogP contribution in [0.15, 0.2) is 31.0 Å². The van der Waals surface area contributed by atoms with Gasteiger partial charge in [0.25, 0.3) is 6.33 Å². The molecule has 0 radical (unpaired) electrons. The molecule has 14 nitrogen and oxygen atoms in total. The molecule has 17 heteroatoms. The number of likely N-dealkylation sites (tertiary alicyclic amines) is 2. The second-order valence-corrected chi connectivity index (χ2v) is 14.7. The molecule has 2 unspecified atom stereocenters. The minimum Gasteiger partial charge on any atom is -0.444 e. The van der Waals surface area contributed by atoms with E-state index in [0.717, 1.165) is 18.7 Å². The van der Waals surface area contributed by atoms with Crippen LogP contribution in [0.25, 0.3) is 0 Å². The summed E-state index contributed by atoms with van der Waals surface area (Å²) in [5.74, 6) is 0. The number of imidazole rings is 1. The van der Waals surface area contributed by atoms with Gasteiger partial charge in [-0.1, -0.05) is 7.43 Å². The number of rotatable bonds is 2. The average molecular weight is 726 g/mol. The first-order valence-corrected chi connectivity index (χ1v) is 16.6. The third kappa shape index (κ3) is 12.0. The number of aromatic nitrogens is 3. The van der Waals surface area contributed by atoms with Gasteiger partial charge in [-0.3, -0.25) is 4.98 Å². The molecule has 51 heavy (non-hydrogen) atoms. The molecule has 2 N–H and O–H groups in total. The van der Waals surface area contributed by atoms with Crippen molar-refractivity contribution in [2.24, 2.45) is 7.05 Å². The second-order valence-electron chi connectivity index (χ2n) is 14.7. The minimum atomic E-state index is -4.47. The van der Waals surface area contributed by atoms with Crippen LogP contribution in [-0.4, -0.2) is 105 Å². The lowest BCUT2D eigenvalue weighted by Crippen LogP contribution is -2.46. The number of ether oxygens (including phenoxy) is 2. The molecule has 2 atom stereocenters. The Kier molecular flexibility index (Phi) is 13.0. The zero-order chi connectivity index (χ0) is 37.0. The molecule has 2 saturated heterocycles. The van der Waals surface area contributed by atoms with Crippen molar-refractivity contribution in [3.8, 4) is 0 Å². The molecule has 284 valence electrons. The van der Waals surface area contributed by atoms with Gasteiger partial charge in [0.15, 0.2) is 0 Å². The molecule has 3 aliphatic rings. The number of aryl methyl sites for hydroxylation is 1. The molecule has 0 aliphatic carbocycles. The highest BCUT2D eigenvalue weighted by atomic mass is 19.4. The summed E-state index contributed by atoms with van der Waals surface area (Å²) in [4.78, 5) is 57.5. The Morgan fingerprint density at radius 2 is 1.37 bits per heavy atom. The molecular formula is C34H52F3N8O6+. The van der Waals surface area contributed by atoms with Crippen molar-refractivity contribution in [1.82, 2.24) is 34.9 Å². The second kappa shape index (κ2) is 16.2. The van der Waals surface area contributed by atoms with Crippen LogP contribution >= 0.6 is 0 Å². The lowest BCUT2D eigenvalue weighted by molar-refractivity contribution is -0.670. The molecule has 0 aromatic carbocycles. The summed E-state index contributed by atoms with van der Waals surface area (Å²) in [6.45, 7) is 13.2. The number of amides is 5. The van der Waals surface area contributed by atoms with Gasteiger partial charge in [-0.15, -0.1) is 0 Å². The van der Waals surface area contributed by atoms with E-state index in [1.54, 1.807) is 43.1 Å². The number of fused-ring (bicyclic) bond motifs is 1. The molecule has 5 rings (SSSR count). The lowest BCUT2D eigenvalue weighted by Gasteiger charge is -2.32. The first-order chi connectivity index (χ1) is 23.2. The Bertz CT molecular complexity index is 1550. The van der Waals surface area contributed by atoms with Gasteiger partial charge in [-0.25, -0.2) is 23.7 Å². The third-order valence-electron chi connectivity index (χ3n) is 7.99. The van der Waals surface area contributed by atoms with Gasteiger partial charge >= 0.3 is 30.4 Å². The Labute approximate surface area is 297 Å². The SMILES string of the molecule is C.CC(C)(C)OC(=O)NC1CCN(C(=O)N2CCc3ncc(C(F)(F)F)cc3C2)C1.C[n+]1ccn(C(=O)N2CCC(NC(=O)OC(C)(C)C)C2)c1. The fourth-order valence-electron chi connectivity index (χ4n) is 5.72. The number of hydrogen-bond acceptors (Lipinski definition) is 7. The van der Waals surface area contributed by atoms with Gasteiger partial charge in [0.2, 0.25) is 0 Å². The molecule has 3 aliphatic heterocycles. The minimum absolute atomic E-state index is 0. The maximum atomic E-state index is 12.9. The summed E-state index contributed by atoms with van der Waals surface area (Å²) in [6.07, 6.45) is 2.38. The molecule has 5 amide bonds. The van der Waals surface area contributed by atoms with Crippen LogP contribution < -0.4 is 15.2 Å². The monoisotopic (exact) mass is 725 g/mol. The van der Waals surface area contributed by atoms with Crippen LogP contribution in [-0.2, 0) is 35.7 Å². The number of carbonyl (C=O) groups is 4. The third-order valence-corrected chi connectivity index (χ3v) is 7.99. The van der Waals surface area contributed by atoms with Gasteiger partial charge < -0.3 is 34.8 Å². The van der Waals surface area contributed by atoms with Crippen LogP contribution in [0.4, 0.5) is 32.3 Å². The zero-order valence-corrected chi connectivity index (χ0v) is 29.7. The van der Waals surface area contributed by atoms with Gasteiger partial charge in [-0.05, 0) is 66.0 Å². The zero-order valence-electron chi connectivity index (χ0n) is 29.7. The first kappa shape index (κ1) is 40.9. The fraction of sp³-hybridized carbons (Fsp3) is 0.647. The highest BCUT2D eigenvalue weighted by Gasteiger charge is 2.36.